The molecule has 4 rings (SSSR count). The predicted molar refractivity (Wildman–Crippen MR) is 116 cm³/mol. The lowest BCUT2D eigenvalue weighted by Gasteiger charge is -2.33. The van der Waals surface area contributed by atoms with Gasteiger partial charge in [-0.05, 0) is 49.1 Å². The molecular formula is C23H36N4O. The minimum absolute atomic E-state index is 0.573. The van der Waals surface area contributed by atoms with Gasteiger partial charge in [-0.15, -0.1) is 0 Å². The molecule has 1 atom stereocenters. The molecule has 0 amide bonds. The van der Waals surface area contributed by atoms with Crippen molar-refractivity contribution in [1.82, 2.24) is 10.2 Å². The van der Waals surface area contributed by atoms with Gasteiger partial charge < -0.3 is 19.9 Å². The number of aliphatic imine (C=N–C) groups is 1. The van der Waals surface area contributed by atoms with E-state index in [1.807, 2.05) is 13.1 Å². The molecule has 1 spiro atoms. The number of para-hydroxylation sites is 2. The summed E-state index contributed by atoms with van der Waals surface area (Å²) < 4.78 is 5.55. The highest BCUT2D eigenvalue weighted by molar-refractivity contribution is 5.80. The molecule has 28 heavy (non-hydrogen) atoms. The number of hydrogen-bond acceptors (Lipinski definition) is 3. The zero-order chi connectivity index (χ0) is 19.4. The summed E-state index contributed by atoms with van der Waals surface area (Å²) in [5, 5.41) is 3.69. The first-order valence-electron chi connectivity index (χ1n) is 11.1. The van der Waals surface area contributed by atoms with E-state index < -0.39 is 0 Å². The van der Waals surface area contributed by atoms with Gasteiger partial charge in [0.1, 0.15) is 5.75 Å². The molecule has 1 saturated carbocycles. The van der Waals surface area contributed by atoms with Crippen LogP contribution in [0.2, 0.25) is 0 Å². The second kappa shape index (κ2) is 8.62. The molecule has 2 heterocycles. The molecule has 3 aliphatic rings. The van der Waals surface area contributed by atoms with Crippen LogP contribution in [0.4, 0.5) is 5.69 Å². The third-order valence-corrected chi connectivity index (χ3v) is 7.12. The number of rotatable bonds is 4. The quantitative estimate of drug-likeness (QED) is 0.634. The van der Waals surface area contributed by atoms with Gasteiger partial charge in [-0.2, -0.15) is 0 Å². The second-order valence-corrected chi connectivity index (χ2v) is 8.93. The molecule has 5 nitrogen and oxygen atoms in total. The Morgan fingerprint density at radius 3 is 2.79 bits per heavy atom. The number of nitrogens with zero attached hydrogens (tertiary/aromatic N) is 3. The van der Waals surface area contributed by atoms with Crippen molar-refractivity contribution in [2.24, 2.45) is 16.3 Å². The minimum atomic E-state index is 0.573. The van der Waals surface area contributed by atoms with Gasteiger partial charge in [0.15, 0.2) is 5.96 Å². The SMILES string of the molecule is CN=C(NCC1CCN(c2ccccc2OC)C1)N1CCC2(CCCCC2)C1. The number of ether oxygens (including phenoxy) is 1. The average Bonchev–Trinajstić information content (AvgIpc) is 3.37. The van der Waals surface area contributed by atoms with Crippen LogP contribution < -0.4 is 15.0 Å². The molecule has 154 valence electrons. The van der Waals surface area contributed by atoms with E-state index in [-0.39, 0.29) is 0 Å². The molecule has 1 aliphatic carbocycles. The molecule has 5 heteroatoms. The lowest BCUT2D eigenvalue weighted by molar-refractivity contribution is 0.203. The Balaban J connectivity index is 1.29. The monoisotopic (exact) mass is 384 g/mol. The fourth-order valence-corrected chi connectivity index (χ4v) is 5.50. The molecule has 0 radical (unpaired) electrons. The van der Waals surface area contributed by atoms with Gasteiger partial charge in [-0.3, -0.25) is 4.99 Å². The number of methoxy groups -OCH3 is 1. The summed E-state index contributed by atoms with van der Waals surface area (Å²) >= 11 is 0. The smallest absolute Gasteiger partial charge is 0.193 e. The maximum Gasteiger partial charge on any atom is 0.193 e. The minimum Gasteiger partial charge on any atom is -0.495 e. The van der Waals surface area contributed by atoms with Crippen LogP contribution in [0.25, 0.3) is 0 Å². The molecule has 0 bridgehead atoms. The number of nitrogens with one attached hydrogen (secondary N) is 1. The highest BCUT2D eigenvalue weighted by Gasteiger charge is 2.39. The first kappa shape index (κ1) is 19.4. The summed E-state index contributed by atoms with van der Waals surface area (Å²) in [5.74, 6) is 2.73. The van der Waals surface area contributed by atoms with E-state index in [0.29, 0.717) is 11.3 Å². The highest BCUT2D eigenvalue weighted by atomic mass is 16.5. The van der Waals surface area contributed by atoms with Crippen LogP contribution in [-0.2, 0) is 0 Å². The standard InChI is InChI=1S/C23H36N4O/c1-24-22(27-15-13-23(18-27)11-6-3-7-12-23)25-16-19-10-14-26(17-19)20-8-4-5-9-21(20)28-2/h4-5,8-9,19H,3,6-7,10-18H2,1-2H3,(H,24,25). The van der Waals surface area contributed by atoms with Gasteiger partial charge in [0.2, 0.25) is 0 Å². The van der Waals surface area contributed by atoms with Crippen LogP contribution in [0, 0.1) is 11.3 Å². The largest absolute Gasteiger partial charge is 0.495 e. The van der Waals surface area contributed by atoms with Crippen molar-refractivity contribution in [3.63, 3.8) is 0 Å². The number of likely N-dealkylation sites (tertiary alicyclic amines) is 1. The summed E-state index contributed by atoms with van der Waals surface area (Å²) in [5.41, 5.74) is 1.79. The summed E-state index contributed by atoms with van der Waals surface area (Å²) in [6, 6.07) is 8.36. The normalized spacial score (nSPS) is 24.8. The third kappa shape index (κ3) is 4.08. The van der Waals surface area contributed by atoms with Crippen LogP contribution in [0.1, 0.15) is 44.9 Å². The van der Waals surface area contributed by atoms with Gasteiger partial charge >= 0.3 is 0 Å². The van der Waals surface area contributed by atoms with E-state index >= 15 is 0 Å². The maximum absolute atomic E-state index is 5.55. The van der Waals surface area contributed by atoms with E-state index in [1.165, 1.54) is 57.2 Å². The highest BCUT2D eigenvalue weighted by Crippen LogP contribution is 2.43. The number of guanidine groups is 1. The molecule has 2 saturated heterocycles. The van der Waals surface area contributed by atoms with Crippen molar-refractivity contribution in [2.45, 2.75) is 44.9 Å². The van der Waals surface area contributed by atoms with Crippen molar-refractivity contribution < 1.29 is 4.74 Å². The van der Waals surface area contributed by atoms with Crippen molar-refractivity contribution in [1.29, 1.82) is 0 Å². The number of hydrogen-bond donors (Lipinski definition) is 1. The average molecular weight is 385 g/mol. The molecule has 0 aromatic heterocycles. The van der Waals surface area contributed by atoms with E-state index in [0.717, 1.165) is 37.9 Å². The summed E-state index contributed by atoms with van der Waals surface area (Å²) in [4.78, 5) is 9.58. The molecular weight excluding hydrogens is 348 g/mol. The predicted octanol–water partition coefficient (Wildman–Crippen LogP) is 3.75. The van der Waals surface area contributed by atoms with Crippen LogP contribution in [0.5, 0.6) is 5.75 Å². The molecule has 1 N–H and O–H groups in total. The van der Waals surface area contributed by atoms with Gasteiger partial charge in [0, 0.05) is 39.8 Å². The molecule has 1 unspecified atom stereocenters. The Hall–Kier alpha value is -1.91. The number of benzene rings is 1. The van der Waals surface area contributed by atoms with Crippen LogP contribution in [-0.4, -0.2) is 57.7 Å². The van der Waals surface area contributed by atoms with Crippen LogP contribution >= 0.6 is 0 Å². The first-order valence-corrected chi connectivity index (χ1v) is 11.1. The fraction of sp³-hybridized carbons (Fsp3) is 0.696. The lowest BCUT2D eigenvalue weighted by Crippen LogP contribution is -2.43. The summed E-state index contributed by atoms with van der Waals surface area (Å²) in [7, 11) is 3.69. The molecule has 3 fully saturated rings. The van der Waals surface area contributed by atoms with Crippen LogP contribution in [0.3, 0.4) is 0 Å². The van der Waals surface area contributed by atoms with Crippen molar-refractivity contribution >= 4 is 11.6 Å². The van der Waals surface area contributed by atoms with Crippen molar-refractivity contribution in [2.75, 3.05) is 51.8 Å². The van der Waals surface area contributed by atoms with Gasteiger partial charge in [0.05, 0.1) is 12.8 Å². The van der Waals surface area contributed by atoms with E-state index in [9.17, 15) is 0 Å². The Morgan fingerprint density at radius 1 is 1.18 bits per heavy atom. The first-order chi connectivity index (χ1) is 13.7. The van der Waals surface area contributed by atoms with E-state index in [2.05, 4.69) is 38.3 Å². The maximum atomic E-state index is 5.55. The fourth-order valence-electron chi connectivity index (χ4n) is 5.50. The van der Waals surface area contributed by atoms with Crippen LogP contribution in [0.15, 0.2) is 29.3 Å². The number of anilines is 1. The lowest BCUT2D eigenvalue weighted by atomic mass is 9.73. The Kier molecular flexibility index (Phi) is 5.98. The zero-order valence-electron chi connectivity index (χ0n) is 17.6. The van der Waals surface area contributed by atoms with Gasteiger partial charge in [-0.25, -0.2) is 0 Å². The topological polar surface area (TPSA) is 40.1 Å². The van der Waals surface area contributed by atoms with Crippen molar-refractivity contribution in [3.8, 4) is 5.75 Å². The zero-order valence-corrected chi connectivity index (χ0v) is 17.6. The van der Waals surface area contributed by atoms with E-state index in [4.69, 9.17) is 4.74 Å². The second-order valence-electron chi connectivity index (χ2n) is 8.93. The van der Waals surface area contributed by atoms with Crippen molar-refractivity contribution in [3.05, 3.63) is 24.3 Å². The molecule has 1 aromatic carbocycles. The Morgan fingerprint density at radius 2 is 2.00 bits per heavy atom. The third-order valence-electron chi connectivity index (χ3n) is 7.12. The summed E-state index contributed by atoms with van der Waals surface area (Å²) in [6.07, 6.45) is 9.65. The molecule has 2 aliphatic heterocycles. The Bertz CT molecular complexity index is 683. The van der Waals surface area contributed by atoms with Gasteiger partial charge in [-0.1, -0.05) is 31.4 Å². The Labute approximate surface area is 170 Å². The van der Waals surface area contributed by atoms with Gasteiger partial charge in [0.25, 0.3) is 0 Å². The summed E-state index contributed by atoms with van der Waals surface area (Å²) in [6.45, 7) is 5.54. The molecule has 1 aromatic rings. The van der Waals surface area contributed by atoms with E-state index in [1.54, 1.807) is 7.11 Å².